The Bertz CT molecular complexity index is 1400. The van der Waals surface area contributed by atoms with Gasteiger partial charge in [-0.05, 0) is 85.9 Å². The number of aryl methyl sites for hydroxylation is 1. The van der Waals surface area contributed by atoms with Gasteiger partial charge < -0.3 is 14.8 Å². The maximum atomic E-state index is 13.7. The van der Waals surface area contributed by atoms with Gasteiger partial charge in [-0.1, -0.05) is 30.3 Å². The number of hydrogen-bond donors (Lipinski definition) is 1. The molecular weight excluding hydrogens is 502 g/mol. The van der Waals surface area contributed by atoms with E-state index in [1.165, 1.54) is 42.0 Å². The van der Waals surface area contributed by atoms with Gasteiger partial charge >= 0.3 is 0 Å². The predicted octanol–water partition coefficient (Wildman–Crippen LogP) is 3.87. The van der Waals surface area contributed by atoms with Crippen LogP contribution in [0.1, 0.15) is 29.5 Å². The van der Waals surface area contributed by atoms with Crippen LogP contribution in [0, 0.1) is 6.92 Å². The number of methoxy groups -OCH3 is 1. The van der Waals surface area contributed by atoms with Crippen molar-refractivity contribution < 1.29 is 22.7 Å². The third-order valence-corrected chi connectivity index (χ3v) is 8.88. The molecule has 1 amide bonds. The van der Waals surface area contributed by atoms with E-state index in [0.29, 0.717) is 23.7 Å². The van der Waals surface area contributed by atoms with Gasteiger partial charge in [-0.25, -0.2) is 8.42 Å². The number of amides is 1. The zero-order chi connectivity index (χ0) is 26.7. The lowest BCUT2D eigenvalue weighted by Gasteiger charge is -2.35. The summed E-state index contributed by atoms with van der Waals surface area (Å²) in [7, 11) is -2.43. The first-order chi connectivity index (χ1) is 18.3. The number of likely N-dealkylation sites (tertiary alicyclic amines) is 1. The quantitative estimate of drug-likeness (QED) is 0.471. The van der Waals surface area contributed by atoms with Crippen molar-refractivity contribution in [2.75, 3.05) is 31.0 Å². The largest absolute Gasteiger partial charge is 0.497 e. The van der Waals surface area contributed by atoms with E-state index >= 15 is 0 Å². The summed E-state index contributed by atoms with van der Waals surface area (Å²) in [6.07, 6.45) is 1.44. The maximum absolute atomic E-state index is 13.7. The van der Waals surface area contributed by atoms with Gasteiger partial charge in [0, 0.05) is 13.1 Å². The maximum Gasteiger partial charge on any atom is 0.264 e. The van der Waals surface area contributed by atoms with Gasteiger partial charge in [0.2, 0.25) is 0 Å². The van der Waals surface area contributed by atoms with Crippen LogP contribution < -0.4 is 19.1 Å². The molecule has 0 bridgehead atoms. The van der Waals surface area contributed by atoms with E-state index in [1.807, 2.05) is 31.2 Å². The van der Waals surface area contributed by atoms with Gasteiger partial charge in [-0.2, -0.15) is 0 Å². The lowest BCUT2D eigenvalue weighted by molar-refractivity contribution is -0.127. The van der Waals surface area contributed by atoms with Gasteiger partial charge in [0.15, 0.2) is 6.10 Å². The number of hydrogen-bond acceptors (Lipinski definition) is 6. The highest BCUT2D eigenvalue weighted by atomic mass is 32.2. The molecule has 3 aromatic carbocycles. The normalized spacial score (nSPS) is 17.5. The topological polar surface area (TPSA) is 88.2 Å². The smallest absolute Gasteiger partial charge is 0.264 e. The Morgan fingerprint density at radius 2 is 1.74 bits per heavy atom. The van der Waals surface area contributed by atoms with Crippen molar-refractivity contribution in [1.82, 2.24) is 10.2 Å². The van der Waals surface area contributed by atoms with Crippen molar-refractivity contribution in [2.45, 2.75) is 43.9 Å². The van der Waals surface area contributed by atoms with Gasteiger partial charge in [-0.15, -0.1) is 0 Å². The van der Waals surface area contributed by atoms with Crippen molar-refractivity contribution in [3.05, 3.63) is 83.4 Å². The van der Waals surface area contributed by atoms with E-state index in [1.54, 1.807) is 24.3 Å². The van der Waals surface area contributed by atoms with Crippen molar-refractivity contribution in [3.8, 4) is 11.5 Å². The molecule has 1 atom stereocenters. The molecule has 0 spiro atoms. The van der Waals surface area contributed by atoms with Crippen LogP contribution in [0.25, 0.3) is 0 Å². The molecule has 8 nitrogen and oxygen atoms in total. The van der Waals surface area contributed by atoms with Crippen LogP contribution in [0.2, 0.25) is 0 Å². The number of sulfonamides is 1. The molecule has 2 heterocycles. The second-order valence-corrected chi connectivity index (χ2v) is 11.6. The predicted molar refractivity (Wildman–Crippen MR) is 146 cm³/mol. The van der Waals surface area contributed by atoms with E-state index in [9.17, 15) is 13.2 Å². The standard InChI is InChI=1S/C29H33N3O5S/c1-21-9-14-27-26(17-21)32(38(34,35)25-12-10-24(36-2)11-13-25)20-28(37-27)29(33)30-18-22-7-3-4-8-23(22)19-31-15-5-6-16-31/h3-4,7-14,17,28H,5-6,15-16,18-20H2,1-2H3,(H,30,33). The van der Waals surface area contributed by atoms with E-state index in [-0.39, 0.29) is 17.3 Å². The van der Waals surface area contributed by atoms with Gasteiger partial charge in [0.1, 0.15) is 11.5 Å². The van der Waals surface area contributed by atoms with Gasteiger partial charge in [0.25, 0.3) is 15.9 Å². The first-order valence-electron chi connectivity index (χ1n) is 12.9. The minimum absolute atomic E-state index is 0.114. The number of nitrogens with zero attached hydrogens (tertiary/aromatic N) is 2. The number of carbonyl (C=O) groups excluding carboxylic acids is 1. The summed E-state index contributed by atoms with van der Waals surface area (Å²) >= 11 is 0. The van der Waals surface area contributed by atoms with Crippen molar-refractivity contribution in [3.63, 3.8) is 0 Å². The Hall–Kier alpha value is -3.56. The number of rotatable bonds is 8. The summed E-state index contributed by atoms with van der Waals surface area (Å²) in [4.78, 5) is 15.8. The summed E-state index contributed by atoms with van der Waals surface area (Å²) in [5.74, 6) is 0.556. The lowest BCUT2D eigenvalue weighted by atomic mass is 10.1. The molecule has 1 fully saturated rings. The summed E-state index contributed by atoms with van der Waals surface area (Å²) < 4.78 is 39.9. The lowest BCUT2D eigenvalue weighted by Crippen LogP contribution is -2.50. The average Bonchev–Trinajstić information content (AvgIpc) is 3.45. The summed E-state index contributed by atoms with van der Waals surface area (Å²) in [6, 6.07) is 19.6. The Balaban J connectivity index is 1.36. The van der Waals surface area contributed by atoms with E-state index in [2.05, 4.69) is 16.3 Å². The molecule has 0 saturated carbocycles. The zero-order valence-corrected chi connectivity index (χ0v) is 22.5. The van der Waals surface area contributed by atoms with Crippen LogP contribution in [-0.2, 0) is 27.9 Å². The first-order valence-corrected chi connectivity index (χ1v) is 14.3. The summed E-state index contributed by atoms with van der Waals surface area (Å²) in [6.45, 7) is 5.13. The van der Waals surface area contributed by atoms with Crippen molar-refractivity contribution >= 4 is 21.6 Å². The Kier molecular flexibility index (Phi) is 7.58. The summed E-state index contributed by atoms with van der Waals surface area (Å²) in [5, 5.41) is 2.98. The number of nitrogens with one attached hydrogen (secondary N) is 1. The summed E-state index contributed by atoms with van der Waals surface area (Å²) in [5.41, 5.74) is 3.53. The van der Waals surface area contributed by atoms with Crippen molar-refractivity contribution in [1.29, 1.82) is 0 Å². The number of carbonyl (C=O) groups is 1. The highest BCUT2D eigenvalue weighted by Crippen LogP contribution is 2.38. The zero-order valence-electron chi connectivity index (χ0n) is 21.7. The fraction of sp³-hybridized carbons (Fsp3) is 0.345. The highest BCUT2D eigenvalue weighted by Gasteiger charge is 2.37. The number of benzene rings is 3. The monoisotopic (exact) mass is 535 g/mol. The average molecular weight is 536 g/mol. The van der Waals surface area contributed by atoms with Crippen LogP contribution in [0.5, 0.6) is 11.5 Å². The molecule has 0 aliphatic carbocycles. The van der Waals surface area contributed by atoms with Crippen molar-refractivity contribution in [2.24, 2.45) is 0 Å². The molecule has 1 unspecified atom stereocenters. The Labute approximate surface area is 224 Å². The van der Waals surface area contributed by atoms with E-state index in [4.69, 9.17) is 9.47 Å². The molecule has 1 N–H and O–H groups in total. The Morgan fingerprint density at radius 3 is 2.45 bits per heavy atom. The molecule has 38 heavy (non-hydrogen) atoms. The molecule has 2 aliphatic heterocycles. The molecule has 1 saturated heterocycles. The third-order valence-electron chi connectivity index (χ3n) is 7.09. The number of ether oxygens (including phenoxy) is 2. The van der Waals surface area contributed by atoms with Gasteiger partial charge in [-0.3, -0.25) is 14.0 Å². The SMILES string of the molecule is COc1ccc(S(=O)(=O)N2CC(C(=O)NCc3ccccc3CN3CCCC3)Oc3ccc(C)cc32)cc1. The molecule has 5 rings (SSSR count). The number of anilines is 1. The molecule has 200 valence electrons. The van der Waals surface area contributed by atoms with Crippen LogP contribution >= 0.6 is 0 Å². The number of fused-ring (bicyclic) bond motifs is 1. The van der Waals surface area contributed by atoms with Crippen LogP contribution in [0.15, 0.2) is 71.6 Å². The molecule has 3 aromatic rings. The second kappa shape index (κ2) is 11.0. The van der Waals surface area contributed by atoms with Crippen LogP contribution in [-0.4, -0.2) is 52.1 Å². The molecule has 0 radical (unpaired) electrons. The van der Waals surface area contributed by atoms with Crippen LogP contribution in [0.3, 0.4) is 0 Å². The first kappa shape index (κ1) is 26.1. The highest BCUT2D eigenvalue weighted by molar-refractivity contribution is 7.92. The minimum atomic E-state index is -3.96. The molecule has 9 heteroatoms. The molecular formula is C29H33N3O5S. The molecule has 2 aliphatic rings. The Morgan fingerprint density at radius 1 is 1.03 bits per heavy atom. The van der Waals surface area contributed by atoms with Crippen LogP contribution in [0.4, 0.5) is 5.69 Å². The van der Waals surface area contributed by atoms with E-state index in [0.717, 1.165) is 30.8 Å². The fourth-order valence-electron chi connectivity index (χ4n) is 4.96. The minimum Gasteiger partial charge on any atom is -0.497 e. The van der Waals surface area contributed by atoms with Gasteiger partial charge in [0.05, 0.1) is 24.2 Å². The third kappa shape index (κ3) is 5.49. The second-order valence-electron chi connectivity index (χ2n) is 9.76. The fourth-order valence-corrected chi connectivity index (χ4v) is 6.43. The van der Waals surface area contributed by atoms with E-state index < -0.39 is 16.1 Å². The molecule has 0 aromatic heterocycles.